The summed E-state index contributed by atoms with van der Waals surface area (Å²) in [6.45, 7) is 5.51. The lowest BCUT2D eigenvalue weighted by atomic mass is 10.0. The predicted molar refractivity (Wildman–Crippen MR) is 67.6 cm³/mol. The Labute approximate surface area is 96.2 Å². The van der Waals surface area contributed by atoms with Crippen LogP contribution in [0.25, 0.3) is 6.08 Å². The van der Waals surface area contributed by atoms with Gasteiger partial charge in [-0.1, -0.05) is 18.7 Å². The molecule has 88 valence electrons. The fourth-order valence-electron chi connectivity index (χ4n) is 1.33. The molecule has 0 amide bonds. The highest BCUT2D eigenvalue weighted by Crippen LogP contribution is 2.22. The number of rotatable bonds is 4. The molecule has 0 aliphatic carbocycles. The second kappa shape index (κ2) is 4.67. The highest BCUT2D eigenvalue weighted by Gasteiger charge is 2.07. The molecule has 1 atom stereocenters. The molecule has 0 saturated carbocycles. The van der Waals surface area contributed by atoms with E-state index >= 15 is 0 Å². The van der Waals surface area contributed by atoms with E-state index in [1.54, 1.807) is 18.2 Å². The van der Waals surface area contributed by atoms with E-state index in [1.807, 2.05) is 13.0 Å². The number of hydrogen-bond donors (Lipinski definition) is 2. The lowest BCUT2D eigenvalue weighted by Gasteiger charge is -2.11. The minimum Gasteiger partial charge on any atom is -0.324 e. The lowest BCUT2D eigenvalue weighted by Crippen LogP contribution is -2.11. The van der Waals surface area contributed by atoms with Gasteiger partial charge in [0.2, 0.25) is 10.0 Å². The zero-order chi connectivity index (χ0) is 12.3. The molecule has 1 unspecified atom stereocenters. The van der Waals surface area contributed by atoms with Gasteiger partial charge in [-0.3, -0.25) is 4.72 Å². The zero-order valence-electron chi connectivity index (χ0n) is 9.40. The van der Waals surface area contributed by atoms with Gasteiger partial charge < -0.3 is 5.73 Å². The first-order chi connectivity index (χ1) is 7.33. The van der Waals surface area contributed by atoms with Crippen molar-refractivity contribution in [2.45, 2.75) is 13.0 Å². The number of sulfonamides is 1. The van der Waals surface area contributed by atoms with Crippen molar-refractivity contribution in [2.24, 2.45) is 5.73 Å². The van der Waals surface area contributed by atoms with Gasteiger partial charge in [-0.05, 0) is 30.2 Å². The second-order valence-corrected chi connectivity index (χ2v) is 5.46. The molecular formula is C11H16N2O2S. The Balaban J connectivity index is 3.17. The molecule has 0 heterocycles. The Kier molecular flexibility index (Phi) is 3.72. The Bertz CT molecular complexity index is 493. The first-order valence-electron chi connectivity index (χ1n) is 4.83. The molecule has 1 aromatic rings. The molecule has 5 heteroatoms. The fourth-order valence-corrected chi connectivity index (χ4v) is 1.91. The summed E-state index contributed by atoms with van der Waals surface area (Å²) in [6, 6.07) is 5.22. The summed E-state index contributed by atoms with van der Waals surface area (Å²) in [5, 5.41) is 0. The van der Waals surface area contributed by atoms with Crippen LogP contribution in [0.5, 0.6) is 0 Å². The standard InChI is InChI=1S/C11H16N2O2S/c1-4-9-7-10(8(2)12)5-6-11(9)13-16(3,14)15/h4-8,13H,1,12H2,2-3H3. The molecule has 0 spiro atoms. The van der Waals surface area contributed by atoms with Crippen LogP contribution in [0.4, 0.5) is 5.69 Å². The van der Waals surface area contributed by atoms with Gasteiger partial charge >= 0.3 is 0 Å². The second-order valence-electron chi connectivity index (χ2n) is 3.71. The molecule has 0 aliphatic rings. The largest absolute Gasteiger partial charge is 0.324 e. The number of nitrogens with one attached hydrogen (secondary N) is 1. The molecule has 0 radical (unpaired) electrons. The van der Waals surface area contributed by atoms with Gasteiger partial charge in [0.1, 0.15) is 0 Å². The first-order valence-corrected chi connectivity index (χ1v) is 6.72. The number of anilines is 1. The van der Waals surface area contributed by atoms with Crippen LogP contribution >= 0.6 is 0 Å². The third-order valence-electron chi connectivity index (χ3n) is 2.12. The van der Waals surface area contributed by atoms with Crippen molar-refractivity contribution in [2.75, 3.05) is 11.0 Å². The molecule has 0 aromatic heterocycles. The Morgan fingerprint density at radius 1 is 1.50 bits per heavy atom. The maximum Gasteiger partial charge on any atom is 0.229 e. The van der Waals surface area contributed by atoms with Gasteiger partial charge in [0.05, 0.1) is 11.9 Å². The Morgan fingerprint density at radius 2 is 2.12 bits per heavy atom. The lowest BCUT2D eigenvalue weighted by molar-refractivity contribution is 0.607. The SMILES string of the molecule is C=Cc1cc(C(C)N)ccc1NS(C)(=O)=O. The topological polar surface area (TPSA) is 72.2 Å². The van der Waals surface area contributed by atoms with E-state index < -0.39 is 10.0 Å². The van der Waals surface area contributed by atoms with Crippen molar-refractivity contribution in [1.29, 1.82) is 0 Å². The predicted octanol–water partition coefficient (Wildman–Crippen LogP) is 1.72. The Morgan fingerprint density at radius 3 is 2.56 bits per heavy atom. The average molecular weight is 240 g/mol. The van der Waals surface area contributed by atoms with E-state index in [0.717, 1.165) is 17.4 Å². The van der Waals surface area contributed by atoms with E-state index in [2.05, 4.69) is 11.3 Å². The van der Waals surface area contributed by atoms with Gasteiger partial charge in [0.25, 0.3) is 0 Å². The normalized spacial score (nSPS) is 13.2. The molecule has 1 rings (SSSR count). The fraction of sp³-hybridized carbons (Fsp3) is 0.273. The Hall–Kier alpha value is -1.33. The van der Waals surface area contributed by atoms with Crippen LogP contribution in [-0.4, -0.2) is 14.7 Å². The summed E-state index contributed by atoms with van der Waals surface area (Å²) in [5.41, 5.74) is 7.92. The number of nitrogens with two attached hydrogens (primary N) is 1. The number of benzene rings is 1. The van der Waals surface area contributed by atoms with Crippen LogP contribution in [0.2, 0.25) is 0 Å². The third kappa shape index (κ3) is 3.36. The van der Waals surface area contributed by atoms with Crippen molar-refractivity contribution in [3.63, 3.8) is 0 Å². The summed E-state index contributed by atoms with van der Waals surface area (Å²) in [4.78, 5) is 0. The minimum absolute atomic E-state index is 0.0917. The van der Waals surface area contributed by atoms with E-state index in [-0.39, 0.29) is 6.04 Å². The van der Waals surface area contributed by atoms with Crippen LogP contribution < -0.4 is 10.5 Å². The smallest absolute Gasteiger partial charge is 0.229 e. The van der Waals surface area contributed by atoms with E-state index in [1.165, 1.54) is 0 Å². The van der Waals surface area contributed by atoms with Crippen molar-refractivity contribution in [3.05, 3.63) is 35.9 Å². The van der Waals surface area contributed by atoms with Crippen LogP contribution in [0, 0.1) is 0 Å². The third-order valence-corrected chi connectivity index (χ3v) is 2.71. The summed E-state index contributed by atoms with van der Waals surface area (Å²) in [5.74, 6) is 0. The number of hydrogen-bond acceptors (Lipinski definition) is 3. The zero-order valence-corrected chi connectivity index (χ0v) is 10.2. The molecule has 4 nitrogen and oxygen atoms in total. The van der Waals surface area contributed by atoms with E-state index in [4.69, 9.17) is 5.73 Å². The quantitative estimate of drug-likeness (QED) is 0.841. The summed E-state index contributed by atoms with van der Waals surface area (Å²) in [7, 11) is -3.27. The molecule has 16 heavy (non-hydrogen) atoms. The van der Waals surface area contributed by atoms with Gasteiger partial charge in [-0.25, -0.2) is 8.42 Å². The van der Waals surface area contributed by atoms with Crippen molar-refractivity contribution >= 4 is 21.8 Å². The van der Waals surface area contributed by atoms with Crippen LogP contribution in [0.1, 0.15) is 24.1 Å². The minimum atomic E-state index is -3.27. The summed E-state index contributed by atoms with van der Waals surface area (Å²) >= 11 is 0. The maximum atomic E-state index is 11.1. The van der Waals surface area contributed by atoms with Gasteiger partial charge in [-0.2, -0.15) is 0 Å². The summed E-state index contributed by atoms with van der Waals surface area (Å²) in [6.07, 6.45) is 2.71. The van der Waals surface area contributed by atoms with Gasteiger partial charge in [-0.15, -0.1) is 0 Å². The van der Waals surface area contributed by atoms with Crippen molar-refractivity contribution in [1.82, 2.24) is 0 Å². The van der Waals surface area contributed by atoms with E-state index in [0.29, 0.717) is 5.69 Å². The van der Waals surface area contributed by atoms with Crippen LogP contribution in [0.15, 0.2) is 24.8 Å². The maximum absolute atomic E-state index is 11.1. The highest BCUT2D eigenvalue weighted by molar-refractivity contribution is 7.92. The summed E-state index contributed by atoms with van der Waals surface area (Å²) < 4.78 is 24.7. The van der Waals surface area contributed by atoms with E-state index in [9.17, 15) is 8.42 Å². The first kappa shape index (κ1) is 12.7. The average Bonchev–Trinajstić information content (AvgIpc) is 2.15. The molecule has 0 fully saturated rings. The monoisotopic (exact) mass is 240 g/mol. The molecular weight excluding hydrogens is 224 g/mol. The molecule has 0 saturated heterocycles. The molecule has 3 N–H and O–H groups in total. The molecule has 0 aliphatic heterocycles. The van der Waals surface area contributed by atoms with Crippen LogP contribution in [-0.2, 0) is 10.0 Å². The highest BCUT2D eigenvalue weighted by atomic mass is 32.2. The molecule has 0 bridgehead atoms. The van der Waals surface area contributed by atoms with Crippen molar-refractivity contribution in [3.8, 4) is 0 Å². The van der Waals surface area contributed by atoms with Crippen molar-refractivity contribution < 1.29 is 8.42 Å². The van der Waals surface area contributed by atoms with Gasteiger partial charge in [0.15, 0.2) is 0 Å². The van der Waals surface area contributed by atoms with Crippen LogP contribution in [0.3, 0.4) is 0 Å². The van der Waals surface area contributed by atoms with Gasteiger partial charge in [0, 0.05) is 6.04 Å². The molecule has 1 aromatic carbocycles.